The van der Waals surface area contributed by atoms with Crippen LogP contribution < -0.4 is 20.5 Å². The van der Waals surface area contributed by atoms with Gasteiger partial charge in [-0.2, -0.15) is 0 Å². The highest BCUT2D eigenvalue weighted by molar-refractivity contribution is 6.32. The van der Waals surface area contributed by atoms with Gasteiger partial charge in [0.1, 0.15) is 0 Å². The number of ether oxygens (including phenoxy) is 2. The second-order valence-corrected chi connectivity index (χ2v) is 5.48. The number of hydrogen-bond acceptors (Lipinski definition) is 4. The molecule has 0 bridgehead atoms. The van der Waals surface area contributed by atoms with E-state index in [1.807, 2.05) is 6.92 Å². The van der Waals surface area contributed by atoms with Crippen molar-refractivity contribution in [2.45, 2.75) is 25.8 Å². The predicted octanol–water partition coefficient (Wildman–Crippen LogP) is 2.21. The Balaban J connectivity index is 2.18. The molecule has 1 aliphatic rings. The van der Waals surface area contributed by atoms with E-state index in [0.29, 0.717) is 41.2 Å². The molecule has 1 aromatic rings. The smallest absolute Gasteiger partial charge is 0.251 e. The number of rotatable bonds is 7. The lowest BCUT2D eigenvalue weighted by molar-refractivity contribution is 0.0933. The van der Waals surface area contributed by atoms with Gasteiger partial charge < -0.3 is 20.5 Å². The summed E-state index contributed by atoms with van der Waals surface area (Å²) in [7, 11) is 1.52. The van der Waals surface area contributed by atoms with E-state index in [0.717, 1.165) is 12.8 Å². The molecule has 0 aliphatic heterocycles. The van der Waals surface area contributed by atoms with Gasteiger partial charge in [-0.05, 0) is 37.8 Å². The minimum Gasteiger partial charge on any atom is -0.493 e. The third-order valence-corrected chi connectivity index (χ3v) is 3.82. The Kier molecular flexibility index (Phi) is 5.31. The molecule has 0 radical (unpaired) electrons. The van der Waals surface area contributed by atoms with Crippen LogP contribution in [0.2, 0.25) is 5.02 Å². The minimum absolute atomic E-state index is 0.0221. The van der Waals surface area contributed by atoms with Gasteiger partial charge in [-0.15, -0.1) is 0 Å². The van der Waals surface area contributed by atoms with E-state index in [4.69, 9.17) is 26.8 Å². The molecule has 1 amide bonds. The average molecular weight is 313 g/mol. The zero-order valence-corrected chi connectivity index (χ0v) is 13.1. The molecule has 1 unspecified atom stereocenters. The zero-order valence-electron chi connectivity index (χ0n) is 12.3. The van der Waals surface area contributed by atoms with E-state index in [-0.39, 0.29) is 11.9 Å². The van der Waals surface area contributed by atoms with Crippen LogP contribution >= 0.6 is 11.6 Å². The number of hydrogen-bond donors (Lipinski definition) is 2. The molecule has 1 aromatic carbocycles. The van der Waals surface area contributed by atoms with Gasteiger partial charge >= 0.3 is 0 Å². The normalized spacial score (nSPS) is 15.4. The van der Waals surface area contributed by atoms with Gasteiger partial charge in [-0.25, -0.2) is 0 Å². The van der Waals surface area contributed by atoms with Crippen LogP contribution in [0.4, 0.5) is 0 Å². The standard InChI is InChI=1S/C15H21ClN2O3/c1-3-21-14-11(16)6-10(7-13(14)20-2)15(19)18-12(8-17)9-4-5-9/h6-7,9,12H,3-5,8,17H2,1-2H3,(H,18,19). The van der Waals surface area contributed by atoms with Crippen LogP contribution in [0.1, 0.15) is 30.1 Å². The number of benzene rings is 1. The number of nitrogens with two attached hydrogens (primary N) is 1. The fraction of sp³-hybridized carbons (Fsp3) is 0.533. The molecule has 1 saturated carbocycles. The molecule has 21 heavy (non-hydrogen) atoms. The molecule has 0 aromatic heterocycles. The Morgan fingerprint density at radius 2 is 2.24 bits per heavy atom. The first-order chi connectivity index (χ1) is 10.1. The van der Waals surface area contributed by atoms with Gasteiger partial charge in [0.05, 0.1) is 18.7 Å². The summed E-state index contributed by atoms with van der Waals surface area (Å²) in [5, 5.41) is 3.31. The summed E-state index contributed by atoms with van der Waals surface area (Å²) in [6, 6.07) is 3.24. The molecular formula is C15H21ClN2O3. The lowest BCUT2D eigenvalue weighted by atomic mass is 10.1. The van der Waals surface area contributed by atoms with Gasteiger partial charge in [0.2, 0.25) is 0 Å². The molecule has 5 nitrogen and oxygen atoms in total. The van der Waals surface area contributed by atoms with Crippen LogP contribution in [0.5, 0.6) is 11.5 Å². The summed E-state index contributed by atoms with van der Waals surface area (Å²) >= 11 is 6.17. The lowest BCUT2D eigenvalue weighted by Gasteiger charge is -2.17. The summed E-state index contributed by atoms with van der Waals surface area (Å²) < 4.78 is 10.7. The molecule has 1 fully saturated rings. The highest BCUT2D eigenvalue weighted by Gasteiger charge is 2.31. The molecule has 6 heteroatoms. The summed E-state index contributed by atoms with van der Waals surface area (Å²) in [5.74, 6) is 1.21. The summed E-state index contributed by atoms with van der Waals surface area (Å²) in [4.78, 5) is 12.3. The van der Waals surface area contributed by atoms with Crippen LogP contribution in [-0.2, 0) is 0 Å². The highest BCUT2D eigenvalue weighted by Crippen LogP contribution is 2.37. The highest BCUT2D eigenvalue weighted by atomic mass is 35.5. The van der Waals surface area contributed by atoms with Crippen LogP contribution in [-0.4, -0.2) is 32.2 Å². The second kappa shape index (κ2) is 7.00. The van der Waals surface area contributed by atoms with Crippen molar-refractivity contribution >= 4 is 17.5 Å². The number of carbonyl (C=O) groups excluding carboxylic acids is 1. The minimum atomic E-state index is -0.194. The van der Waals surface area contributed by atoms with Crippen molar-refractivity contribution < 1.29 is 14.3 Å². The number of halogens is 1. The van der Waals surface area contributed by atoms with E-state index in [1.165, 1.54) is 7.11 Å². The summed E-state index contributed by atoms with van der Waals surface area (Å²) in [5.41, 5.74) is 6.15. The fourth-order valence-corrected chi connectivity index (χ4v) is 2.52. The first-order valence-corrected chi connectivity index (χ1v) is 7.49. The van der Waals surface area contributed by atoms with Crippen LogP contribution in [0.15, 0.2) is 12.1 Å². The van der Waals surface area contributed by atoms with Crippen molar-refractivity contribution in [1.29, 1.82) is 0 Å². The van der Waals surface area contributed by atoms with Crippen molar-refractivity contribution in [2.75, 3.05) is 20.3 Å². The van der Waals surface area contributed by atoms with Crippen molar-refractivity contribution in [1.82, 2.24) is 5.32 Å². The monoisotopic (exact) mass is 312 g/mol. The van der Waals surface area contributed by atoms with E-state index in [2.05, 4.69) is 5.32 Å². The second-order valence-electron chi connectivity index (χ2n) is 5.08. The topological polar surface area (TPSA) is 73.6 Å². The SMILES string of the molecule is CCOc1c(Cl)cc(C(=O)NC(CN)C2CC2)cc1OC. The maximum Gasteiger partial charge on any atom is 0.251 e. The van der Waals surface area contributed by atoms with Crippen LogP contribution in [0.25, 0.3) is 0 Å². The lowest BCUT2D eigenvalue weighted by Crippen LogP contribution is -2.41. The largest absolute Gasteiger partial charge is 0.493 e. The third kappa shape index (κ3) is 3.80. The maximum atomic E-state index is 12.3. The van der Waals surface area contributed by atoms with E-state index >= 15 is 0 Å². The summed E-state index contributed by atoms with van der Waals surface area (Å²) in [6.45, 7) is 2.77. The van der Waals surface area contributed by atoms with Crippen molar-refractivity contribution in [3.05, 3.63) is 22.7 Å². The van der Waals surface area contributed by atoms with E-state index in [1.54, 1.807) is 12.1 Å². The predicted molar refractivity (Wildman–Crippen MR) is 82.2 cm³/mol. The quantitative estimate of drug-likeness (QED) is 0.809. The molecule has 1 aliphatic carbocycles. The first-order valence-electron chi connectivity index (χ1n) is 7.12. The Bertz CT molecular complexity index is 518. The number of nitrogens with one attached hydrogen (secondary N) is 1. The van der Waals surface area contributed by atoms with Gasteiger partial charge in [0, 0.05) is 18.2 Å². The molecule has 0 heterocycles. The Morgan fingerprint density at radius 3 is 2.76 bits per heavy atom. The number of amides is 1. The molecule has 0 saturated heterocycles. The van der Waals surface area contributed by atoms with Crippen LogP contribution in [0.3, 0.4) is 0 Å². The van der Waals surface area contributed by atoms with Gasteiger partial charge in [0.15, 0.2) is 11.5 Å². The van der Waals surface area contributed by atoms with Crippen molar-refractivity contribution in [2.24, 2.45) is 11.7 Å². The molecular weight excluding hydrogens is 292 g/mol. The van der Waals surface area contributed by atoms with Gasteiger partial charge in [0.25, 0.3) is 5.91 Å². The molecule has 1 atom stereocenters. The Morgan fingerprint density at radius 1 is 1.52 bits per heavy atom. The average Bonchev–Trinajstić information content (AvgIpc) is 3.31. The Hall–Kier alpha value is -1.46. The molecule has 116 valence electrons. The summed E-state index contributed by atoms with van der Waals surface area (Å²) in [6.07, 6.45) is 2.24. The number of methoxy groups -OCH3 is 1. The van der Waals surface area contributed by atoms with Crippen LogP contribution in [0, 0.1) is 5.92 Å². The molecule has 0 spiro atoms. The maximum absolute atomic E-state index is 12.3. The molecule has 3 N–H and O–H groups in total. The van der Waals surface area contributed by atoms with E-state index in [9.17, 15) is 4.79 Å². The van der Waals surface area contributed by atoms with Gasteiger partial charge in [-0.3, -0.25) is 4.79 Å². The molecule has 2 rings (SSSR count). The first kappa shape index (κ1) is 15.9. The Labute approximate surface area is 129 Å². The van der Waals surface area contributed by atoms with Crippen molar-refractivity contribution in [3.8, 4) is 11.5 Å². The zero-order chi connectivity index (χ0) is 15.4. The fourth-order valence-electron chi connectivity index (χ4n) is 2.25. The third-order valence-electron chi connectivity index (χ3n) is 3.54. The van der Waals surface area contributed by atoms with Gasteiger partial charge in [-0.1, -0.05) is 11.6 Å². The number of carbonyl (C=O) groups is 1. The van der Waals surface area contributed by atoms with E-state index < -0.39 is 0 Å². The van der Waals surface area contributed by atoms with Crippen molar-refractivity contribution in [3.63, 3.8) is 0 Å².